The highest BCUT2D eigenvalue weighted by atomic mass is 127. The lowest BCUT2D eigenvalue weighted by atomic mass is 10.1. The van der Waals surface area contributed by atoms with E-state index < -0.39 is 15.6 Å². The van der Waals surface area contributed by atoms with Crippen LogP contribution < -0.4 is 10.6 Å². The number of nitrogens with zero attached hydrogens (tertiary/aromatic N) is 2. The average Bonchev–Trinajstić information content (AvgIpc) is 3.11. The van der Waals surface area contributed by atoms with Crippen molar-refractivity contribution in [1.29, 1.82) is 0 Å². The topological polar surface area (TPSA) is 94.0 Å². The van der Waals surface area contributed by atoms with Crippen molar-refractivity contribution >= 4 is 51.3 Å². The second-order valence-electron chi connectivity index (χ2n) is 5.95. The zero-order valence-corrected chi connectivity index (χ0v) is 19.8. The number of thiophene rings is 1. The Morgan fingerprint density at radius 3 is 2.62 bits per heavy atom. The highest BCUT2D eigenvalue weighted by molar-refractivity contribution is 14.0. The van der Waals surface area contributed by atoms with Crippen LogP contribution in [0.15, 0.2) is 22.5 Å². The molecule has 0 radical (unpaired) electrons. The normalized spacial score (nSPS) is 14.6. The van der Waals surface area contributed by atoms with E-state index in [1.54, 1.807) is 20.9 Å². The average molecular weight is 518 g/mol. The fourth-order valence-corrected chi connectivity index (χ4v) is 3.73. The third-order valence-electron chi connectivity index (χ3n) is 3.72. The van der Waals surface area contributed by atoms with Gasteiger partial charge in [-0.25, -0.2) is 17.7 Å². The van der Waals surface area contributed by atoms with Crippen LogP contribution in [0.3, 0.4) is 0 Å². The molecular weight excluding hydrogens is 487 g/mol. The molecule has 1 rings (SSSR count). The predicted molar refractivity (Wildman–Crippen MR) is 120 cm³/mol. The number of aliphatic imine (C=N–C) groups is 1. The molecule has 0 saturated carbocycles. The van der Waals surface area contributed by atoms with Gasteiger partial charge in [-0.05, 0) is 38.6 Å². The molecule has 152 valence electrons. The molecule has 0 fully saturated rings. The molecule has 1 unspecified atom stereocenters. The van der Waals surface area contributed by atoms with Gasteiger partial charge < -0.3 is 15.7 Å². The monoisotopic (exact) mass is 518 g/mol. The highest BCUT2D eigenvalue weighted by Gasteiger charge is 2.24. The summed E-state index contributed by atoms with van der Waals surface area (Å²) in [5, 5.41) is 18.8. The Balaban J connectivity index is 0.00000625. The molecule has 26 heavy (non-hydrogen) atoms. The van der Waals surface area contributed by atoms with Gasteiger partial charge in [0, 0.05) is 31.6 Å². The van der Waals surface area contributed by atoms with Gasteiger partial charge in [-0.1, -0.05) is 6.07 Å². The maximum absolute atomic E-state index is 11.7. The second-order valence-corrected chi connectivity index (χ2v) is 9.26. The summed E-state index contributed by atoms with van der Waals surface area (Å²) in [6.45, 7) is 7.35. The van der Waals surface area contributed by atoms with E-state index in [0.29, 0.717) is 32.0 Å². The summed E-state index contributed by atoms with van der Waals surface area (Å²) in [5.74, 6) is 0.721. The number of halogens is 1. The van der Waals surface area contributed by atoms with E-state index in [1.807, 2.05) is 24.4 Å². The first kappa shape index (κ1) is 25.6. The second kappa shape index (κ2) is 12.1. The van der Waals surface area contributed by atoms with E-state index in [0.717, 1.165) is 4.88 Å². The molecule has 10 heteroatoms. The molecule has 0 aliphatic heterocycles. The quantitative estimate of drug-likeness (QED) is 0.190. The van der Waals surface area contributed by atoms with Crippen LogP contribution in [0.2, 0.25) is 0 Å². The Kier molecular flexibility index (Phi) is 11.9. The number of hydrogen-bond donors (Lipinski definition) is 3. The van der Waals surface area contributed by atoms with Crippen LogP contribution in [0, 0.1) is 0 Å². The third-order valence-corrected chi connectivity index (χ3v) is 6.71. The Morgan fingerprint density at radius 1 is 1.38 bits per heavy atom. The van der Waals surface area contributed by atoms with E-state index in [4.69, 9.17) is 0 Å². The SMILES string of the molecule is CCNC(=NCC(C)(O)c1cccs1)NCCCN(C)S(=O)(=O)CC.I. The fourth-order valence-electron chi connectivity index (χ4n) is 2.11. The largest absolute Gasteiger partial charge is 0.383 e. The van der Waals surface area contributed by atoms with Crippen LogP contribution in [-0.4, -0.2) is 62.8 Å². The minimum absolute atomic E-state index is 0. The Hall–Kier alpha value is -0.430. The number of nitrogens with one attached hydrogen (secondary N) is 2. The summed E-state index contributed by atoms with van der Waals surface area (Å²) < 4.78 is 24.8. The van der Waals surface area contributed by atoms with E-state index in [-0.39, 0.29) is 36.3 Å². The summed E-state index contributed by atoms with van der Waals surface area (Å²) >= 11 is 1.50. The van der Waals surface area contributed by atoms with Gasteiger partial charge in [-0.2, -0.15) is 0 Å². The molecule has 1 heterocycles. The maximum Gasteiger partial charge on any atom is 0.213 e. The number of aliphatic hydroxyl groups is 1. The molecule has 0 aliphatic carbocycles. The van der Waals surface area contributed by atoms with Crippen LogP contribution in [-0.2, 0) is 15.6 Å². The summed E-state index contributed by atoms with van der Waals surface area (Å²) in [6.07, 6.45) is 0.668. The fraction of sp³-hybridized carbons (Fsp3) is 0.688. The zero-order valence-electron chi connectivity index (χ0n) is 15.9. The van der Waals surface area contributed by atoms with Gasteiger partial charge in [-0.15, -0.1) is 35.3 Å². The van der Waals surface area contributed by atoms with Gasteiger partial charge in [0.05, 0.1) is 12.3 Å². The Morgan fingerprint density at radius 2 is 2.08 bits per heavy atom. The Bertz CT molecular complexity index is 634. The minimum atomic E-state index is -3.14. The lowest BCUT2D eigenvalue weighted by molar-refractivity contribution is 0.0711. The van der Waals surface area contributed by atoms with Crippen molar-refractivity contribution in [1.82, 2.24) is 14.9 Å². The molecule has 3 N–H and O–H groups in total. The van der Waals surface area contributed by atoms with Crippen LogP contribution >= 0.6 is 35.3 Å². The predicted octanol–water partition coefficient (Wildman–Crippen LogP) is 1.80. The molecule has 7 nitrogen and oxygen atoms in total. The van der Waals surface area contributed by atoms with Crippen molar-refractivity contribution in [3.05, 3.63) is 22.4 Å². The van der Waals surface area contributed by atoms with Gasteiger partial charge in [-0.3, -0.25) is 0 Å². The van der Waals surface area contributed by atoms with Gasteiger partial charge in [0.1, 0.15) is 5.60 Å². The molecule has 0 aromatic carbocycles. The molecule has 0 bridgehead atoms. The number of rotatable bonds is 10. The van der Waals surface area contributed by atoms with E-state index >= 15 is 0 Å². The van der Waals surface area contributed by atoms with Gasteiger partial charge >= 0.3 is 0 Å². The number of hydrogen-bond acceptors (Lipinski definition) is 5. The van der Waals surface area contributed by atoms with Crippen molar-refractivity contribution in [2.45, 2.75) is 32.8 Å². The number of guanidine groups is 1. The zero-order chi connectivity index (χ0) is 18.9. The Labute approximate surface area is 178 Å². The standard InChI is InChI=1S/C16H30N4O3S2.HI/c1-5-17-15(18-10-8-11-20(4)25(22,23)6-2)19-13-16(3,21)14-9-7-12-24-14;/h7,9,12,21H,5-6,8,10-11,13H2,1-4H3,(H2,17,18,19);1H. The smallest absolute Gasteiger partial charge is 0.213 e. The summed E-state index contributed by atoms with van der Waals surface area (Å²) in [4.78, 5) is 5.32. The number of sulfonamides is 1. The molecule has 0 saturated heterocycles. The van der Waals surface area contributed by atoms with Crippen molar-refractivity contribution < 1.29 is 13.5 Å². The van der Waals surface area contributed by atoms with Crippen molar-refractivity contribution in [3.63, 3.8) is 0 Å². The third kappa shape index (κ3) is 8.51. The first-order chi connectivity index (χ1) is 11.7. The van der Waals surface area contributed by atoms with Crippen LogP contribution in [0.1, 0.15) is 32.1 Å². The van der Waals surface area contributed by atoms with Crippen LogP contribution in [0.4, 0.5) is 0 Å². The van der Waals surface area contributed by atoms with Crippen molar-refractivity contribution in [3.8, 4) is 0 Å². The van der Waals surface area contributed by atoms with Crippen molar-refractivity contribution in [2.24, 2.45) is 4.99 Å². The van der Waals surface area contributed by atoms with E-state index in [1.165, 1.54) is 15.6 Å². The molecule has 1 aromatic rings. The molecule has 0 amide bonds. The van der Waals surface area contributed by atoms with Gasteiger partial charge in [0.15, 0.2) is 5.96 Å². The summed E-state index contributed by atoms with van der Waals surface area (Å²) in [5.41, 5.74) is -1.01. The highest BCUT2D eigenvalue weighted by Crippen LogP contribution is 2.25. The van der Waals surface area contributed by atoms with Crippen LogP contribution in [0.5, 0.6) is 0 Å². The first-order valence-corrected chi connectivity index (χ1v) is 10.9. The first-order valence-electron chi connectivity index (χ1n) is 8.45. The molecule has 1 aromatic heterocycles. The maximum atomic E-state index is 11.7. The lowest BCUT2D eigenvalue weighted by Gasteiger charge is -2.21. The van der Waals surface area contributed by atoms with E-state index in [2.05, 4.69) is 15.6 Å². The lowest BCUT2D eigenvalue weighted by Crippen LogP contribution is -2.40. The minimum Gasteiger partial charge on any atom is -0.383 e. The van der Waals surface area contributed by atoms with Crippen molar-refractivity contribution in [2.75, 3.05) is 39.0 Å². The molecule has 0 aliphatic rings. The molecule has 1 atom stereocenters. The van der Waals surface area contributed by atoms with Gasteiger partial charge in [0.25, 0.3) is 0 Å². The summed E-state index contributed by atoms with van der Waals surface area (Å²) in [6, 6.07) is 3.80. The summed E-state index contributed by atoms with van der Waals surface area (Å²) in [7, 11) is -1.54. The molecular formula is C16H31IN4O3S2. The molecule has 0 spiro atoms. The van der Waals surface area contributed by atoms with Gasteiger partial charge in [0.2, 0.25) is 10.0 Å². The van der Waals surface area contributed by atoms with E-state index in [9.17, 15) is 13.5 Å². The van der Waals surface area contributed by atoms with Crippen LogP contribution in [0.25, 0.3) is 0 Å².